The van der Waals surface area contributed by atoms with Gasteiger partial charge in [0.15, 0.2) is 0 Å². The summed E-state index contributed by atoms with van der Waals surface area (Å²) >= 11 is 0. The van der Waals surface area contributed by atoms with Crippen LogP contribution in [0.4, 0.5) is 0 Å². The zero-order chi connectivity index (χ0) is 48.4. The first-order chi connectivity index (χ1) is 29.9. The van der Waals surface area contributed by atoms with E-state index < -0.39 is 133 Å². The number of nitrogens with zero attached hydrogens (tertiary/aromatic N) is 1. The molecule has 13 N–H and O–H groups in total. The molecule has 0 bridgehead atoms. The van der Waals surface area contributed by atoms with Crippen LogP contribution in [-0.4, -0.2) is 161 Å². The number of rotatable bonds is 25. The van der Waals surface area contributed by atoms with Crippen molar-refractivity contribution in [2.24, 2.45) is 17.6 Å². The highest BCUT2D eigenvalue weighted by Gasteiger charge is 2.36. The summed E-state index contributed by atoms with van der Waals surface area (Å²) in [7, 11) is 0. The summed E-state index contributed by atoms with van der Waals surface area (Å²) in [5.41, 5.74) is 5.30. The lowest BCUT2D eigenvalue weighted by Gasteiger charge is -2.26. The number of carbonyl (C=O) groups excluding carboxylic acids is 10. The lowest BCUT2D eigenvalue weighted by atomic mass is 10.0. The number of aliphatic hydroxyl groups is 1. The molecule has 0 spiro atoms. The predicted octanol–water partition coefficient (Wildman–Crippen LogP) is -4.66. The predicted molar refractivity (Wildman–Crippen MR) is 227 cm³/mol. The fourth-order valence-corrected chi connectivity index (χ4v) is 6.87. The number of hydrogen-bond acceptors (Lipinski definition) is 13. The summed E-state index contributed by atoms with van der Waals surface area (Å²) in [5.74, 6) is -8.67. The van der Waals surface area contributed by atoms with Crippen molar-refractivity contribution in [1.29, 1.82) is 0 Å². The number of carbonyl (C=O) groups is 11. The fourth-order valence-electron chi connectivity index (χ4n) is 6.87. The van der Waals surface area contributed by atoms with Crippen LogP contribution in [0.5, 0.6) is 0 Å². The summed E-state index contributed by atoms with van der Waals surface area (Å²) in [5, 5.41) is 41.4. The van der Waals surface area contributed by atoms with Crippen molar-refractivity contribution in [2.75, 3.05) is 26.2 Å². The van der Waals surface area contributed by atoms with Gasteiger partial charge in [-0.2, -0.15) is 0 Å². The van der Waals surface area contributed by atoms with Crippen LogP contribution >= 0.6 is 0 Å². The molecule has 2 fully saturated rings. The molecular formula is C40H67N11O13. The Morgan fingerprint density at radius 1 is 0.656 bits per heavy atom. The maximum absolute atomic E-state index is 13.5. The topological polar surface area (TPSA) is 366 Å². The van der Waals surface area contributed by atoms with Crippen molar-refractivity contribution in [3.05, 3.63) is 0 Å². The second kappa shape index (κ2) is 26.0. The van der Waals surface area contributed by atoms with Crippen molar-refractivity contribution in [1.82, 2.24) is 52.8 Å². The number of amides is 10. The Bertz CT molecular complexity index is 1730. The molecule has 64 heavy (non-hydrogen) atoms. The summed E-state index contributed by atoms with van der Waals surface area (Å²) in [6.45, 7) is 10.5. The summed E-state index contributed by atoms with van der Waals surface area (Å²) in [6.07, 6.45) is -0.0974. The van der Waals surface area contributed by atoms with Crippen LogP contribution in [0.1, 0.15) is 93.4 Å². The van der Waals surface area contributed by atoms with E-state index in [4.69, 9.17) is 10.8 Å². The van der Waals surface area contributed by atoms with E-state index in [0.29, 0.717) is 12.8 Å². The van der Waals surface area contributed by atoms with Gasteiger partial charge < -0.3 is 68.7 Å². The van der Waals surface area contributed by atoms with Crippen LogP contribution < -0.4 is 53.6 Å². The number of primary amides is 1. The maximum atomic E-state index is 13.5. The van der Waals surface area contributed by atoms with Crippen molar-refractivity contribution < 1.29 is 63.0 Å². The van der Waals surface area contributed by atoms with E-state index in [1.807, 2.05) is 0 Å². The first-order valence-electron chi connectivity index (χ1n) is 21.5. The van der Waals surface area contributed by atoms with E-state index in [-0.39, 0.29) is 57.0 Å². The van der Waals surface area contributed by atoms with Crippen molar-refractivity contribution in [3.8, 4) is 0 Å². The first kappa shape index (κ1) is 54.2. The number of carboxylic acids is 1. The number of carboxylic acid groups (broad SMARTS) is 1. The molecule has 0 aliphatic carbocycles. The molecule has 2 rings (SSSR count). The summed E-state index contributed by atoms with van der Waals surface area (Å²) in [6, 6.07) is -8.84. The molecule has 10 amide bonds. The number of β-amino-alcohol motifs (C(OH)–C–C–N with tert-alkyl or cyclic N) is 1. The molecular weight excluding hydrogens is 843 g/mol. The second-order valence-corrected chi connectivity index (χ2v) is 17.1. The van der Waals surface area contributed by atoms with Crippen molar-refractivity contribution >= 4 is 65.0 Å². The van der Waals surface area contributed by atoms with Gasteiger partial charge in [0, 0.05) is 19.5 Å². The smallest absolute Gasteiger partial charge is 0.325 e. The first-order valence-corrected chi connectivity index (χ1v) is 21.5. The standard InChI is InChI=1S/C40H67N11O13/c1-19(2)13-27(50-36(59)25(10-11-30(41)53)49-34(57)22(6)46-37(60)26-15-24(52)16-42-26)35(58)43-17-31(54)48-28(14-20(3)4)38(61)45-21(5)33(56)44-18-32(55)51-12-8-9-29(51)39(62)47-23(7)40(63)64/h19-29,42,52H,8-18H2,1-7H3,(H2,41,53)(H,43,58)(H,44,56)(H,45,61)(H,46,60)(H,47,62)(H,48,54)(H,49,57)(H,50,59)(H,63,64)/t21-,22-,23-,24-,25-,26?,27-,28-,29-/m0/s1. The monoisotopic (exact) mass is 909 g/mol. The molecule has 0 saturated carbocycles. The second-order valence-electron chi connectivity index (χ2n) is 17.1. The van der Waals surface area contributed by atoms with Gasteiger partial charge in [-0.1, -0.05) is 27.7 Å². The third kappa shape index (κ3) is 18.4. The van der Waals surface area contributed by atoms with Gasteiger partial charge >= 0.3 is 5.97 Å². The van der Waals surface area contributed by atoms with Crippen LogP contribution in [0.3, 0.4) is 0 Å². The van der Waals surface area contributed by atoms with Gasteiger partial charge in [-0.25, -0.2) is 0 Å². The molecule has 0 aromatic rings. The Balaban J connectivity index is 2.00. The molecule has 2 heterocycles. The molecule has 9 atom stereocenters. The molecule has 2 aliphatic heterocycles. The van der Waals surface area contributed by atoms with Gasteiger partial charge in [0.25, 0.3) is 0 Å². The highest BCUT2D eigenvalue weighted by atomic mass is 16.4. The van der Waals surface area contributed by atoms with Crippen molar-refractivity contribution in [3.63, 3.8) is 0 Å². The zero-order valence-electron chi connectivity index (χ0n) is 37.5. The minimum Gasteiger partial charge on any atom is -0.480 e. The zero-order valence-corrected chi connectivity index (χ0v) is 37.5. The van der Waals surface area contributed by atoms with E-state index in [1.54, 1.807) is 27.7 Å². The number of hydrogen-bond donors (Lipinski definition) is 12. The van der Waals surface area contributed by atoms with E-state index in [2.05, 4.69) is 47.9 Å². The Hall–Kier alpha value is -5.91. The number of aliphatic hydroxyl groups excluding tert-OH is 1. The van der Waals surface area contributed by atoms with Crippen LogP contribution in [-0.2, 0) is 52.7 Å². The van der Waals surface area contributed by atoms with E-state index in [0.717, 1.165) is 0 Å². The average molecular weight is 910 g/mol. The molecule has 0 aromatic carbocycles. The van der Waals surface area contributed by atoms with Gasteiger partial charge in [0.2, 0.25) is 59.1 Å². The van der Waals surface area contributed by atoms with Gasteiger partial charge in [0.1, 0.15) is 42.3 Å². The summed E-state index contributed by atoms with van der Waals surface area (Å²) < 4.78 is 0. The number of likely N-dealkylation sites (tertiary alicyclic amines) is 1. The highest BCUT2D eigenvalue weighted by molar-refractivity contribution is 5.97. The quantitative estimate of drug-likeness (QED) is 0.0410. The molecule has 24 nitrogen and oxygen atoms in total. The van der Waals surface area contributed by atoms with E-state index in [1.165, 1.54) is 25.7 Å². The minimum atomic E-state index is -1.36. The van der Waals surface area contributed by atoms with Gasteiger partial charge in [-0.05, 0) is 71.1 Å². The van der Waals surface area contributed by atoms with Crippen LogP contribution in [0, 0.1) is 11.8 Å². The lowest BCUT2D eigenvalue weighted by molar-refractivity contribution is -0.143. The number of nitrogens with one attached hydrogen (secondary N) is 9. The third-order valence-corrected chi connectivity index (χ3v) is 10.4. The highest BCUT2D eigenvalue weighted by Crippen LogP contribution is 2.18. The van der Waals surface area contributed by atoms with Gasteiger partial charge in [0.05, 0.1) is 25.2 Å². The molecule has 0 radical (unpaired) electrons. The fraction of sp³-hybridized carbons (Fsp3) is 0.725. The average Bonchev–Trinajstić information content (AvgIpc) is 3.89. The molecule has 1 unspecified atom stereocenters. The summed E-state index contributed by atoms with van der Waals surface area (Å²) in [4.78, 5) is 141. The number of aliphatic carboxylic acids is 1. The Kier molecular flexibility index (Phi) is 22.0. The number of nitrogens with two attached hydrogens (primary N) is 1. The Morgan fingerprint density at radius 2 is 1.20 bits per heavy atom. The van der Waals surface area contributed by atoms with Crippen LogP contribution in [0.25, 0.3) is 0 Å². The molecule has 24 heteroatoms. The Morgan fingerprint density at radius 3 is 1.77 bits per heavy atom. The van der Waals surface area contributed by atoms with Gasteiger partial charge in [-0.15, -0.1) is 0 Å². The maximum Gasteiger partial charge on any atom is 0.325 e. The Labute approximate surface area is 371 Å². The SMILES string of the molecule is CC(C)C[C@H](NC(=O)CNC(=O)[C@H](CC(C)C)NC(=O)[C@H](CCC(N)=O)NC(=O)[C@H](C)NC(=O)C1C[C@H](O)CN1)C(=O)N[C@@H](C)C(=O)NCC(=O)N1CCC[C@H]1C(=O)N[C@@H](C)C(=O)O. The molecule has 0 aromatic heterocycles. The third-order valence-electron chi connectivity index (χ3n) is 10.4. The van der Waals surface area contributed by atoms with Gasteiger partial charge in [-0.3, -0.25) is 52.7 Å². The molecule has 2 saturated heterocycles. The lowest BCUT2D eigenvalue weighted by Crippen LogP contribution is -2.58. The molecule has 360 valence electrons. The van der Waals surface area contributed by atoms with E-state index >= 15 is 0 Å². The minimum absolute atomic E-state index is 0.0896. The molecule has 2 aliphatic rings. The van der Waals surface area contributed by atoms with Crippen molar-refractivity contribution in [2.45, 2.75) is 148 Å². The van der Waals surface area contributed by atoms with E-state index in [9.17, 15) is 57.8 Å². The van der Waals surface area contributed by atoms with Crippen LogP contribution in [0.15, 0.2) is 0 Å². The van der Waals surface area contributed by atoms with Crippen LogP contribution in [0.2, 0.25) is 0 Å². The largest absolute Gasteiger partial charge is 0.480 e. The normalized spacial score (nSPS) is 19.8.